The van der Waals surface area contributed by atoms with Gasteiger partial charge in [0.05, 0.1) is 6.20 Å². The van der Waals surface area contributed by atoms with Gasteiger partial charge in [-0.1, -0.05) is 32.3 Å². The number of nitrogens with zero attached hydrogens (tertiary/aromatic N) is 6. The highest BCUT2D eigenvalue weighted by atomic mass is 19.1. The molecule has 9 heteroatoms. The Hall–Kier alpha value is -2.81. The van der Waals surface area contributed by atoms with Gasteiger partial charge in [0.2, 0.25) is 11.9 Å². The lowest BCUT2D eigenvalue weighted by Crippen LogP contribution is -2.38. The van der Waals surface area contributed by atoms with E-state index in [4.69, 9.17) is 4.98 Å². The number of unbranched alkanes of at least 4 members (excludes halogenated alkanes) is 1. The van der Waals surface area contributed by atoms with Crippen LogP contribution in [0.25, 0.3) is 11.2 Å². The van der Waals surface area contributed by atoms with Crippen molar-refractivity contribution in [2.75, 3.05) is 25.0 Å². The second-order valence-electron chi connectivity index (χ2n) is 9.64. The summed E-state index contributed by atoms with van der Waals surface area (Å²) in [6.45, 7) is 5.47. The van der Waals surface area contributed by atoms with Crippen LogP contribution in [0.15, 0.2) is 29.3 Å². The van der Waals surface area contributed by atoms with Crippen LogP contribution in [0.2, 0.25) is 0 Å². The highest BCUT2D eigenvalue weighted by Crippen LogP contribution is 2.33. The van der Waals surface area contributed by atoms with Crippen LogP contribution in [-0.2, 0) is 6.54 Å². The fourth-order valence-electron chi connectivity index (χ4n) is 5.42. The fourth-order valence-corrected chi connectivity index (χ4v) is 5.42. The number of likely N-dealkylation sites (tertiary alicyclic amines) is 1. The van der Waals surface area contributed by atoms with E-state index < -0.39 is 5.95 Å². The van der Waals surface area contributed by atoms with Crippen molar-refractivity contribution in [3.05, 3.63) is 46.5 Å². The smallest absolute Gasteiger partial charge is 0.330 e. The third-order valence-corrected chi connectivity index (χ3v) is 7.27. The molecule has 2 fully saturated rings. The van der Waals surface area contributed by atoms with Crippen LogP contribution >= 0.6 is 0 Å². The third-order valence-electron chi connectivity index (χ3n) is 7.27. The SMILES string of the molecule is CCCCNc1ncc2c(n1)n(C1CCN(Cc3ccc(F)nc3)CC1)c(=O)n2C1CCCC1. The van der Waals surface area contributed by atoms with Crippen molar-refractivity contribution in [2.24, 2.45) is 0 Å². The van der Waals surface area contributed by atoms with E-state index in [9.17, 15) is 9.18 Å². The van der Waals surface area contributed by atoms with Gasteiger partial charge < -0.3 is 5.32 Å². The van der Waals surface area contributed by atoms with Crippen molar-refractivity contribution in [1.29, 1.82) is 0 Å². The van der Waals surface area contributed by atoms with E-state index >= 15 is 0 Å². The molecule has 2 aliphatic rings. The maximum absolute atomic E-state index is 13.7. The number of hydrogen-bond donors (Lipinski definition) is 1. The van der Waals surface area contributed by atoms with Crippen molar-refractivity contribution in [3.8, 4) is 0 Å². The molecule has 0 unspecified atom stereocenters. The van der Waals surface area contributed by atoms with E-state index in [2.05, 4.69) is 27.1 Å². The van der Waals surface area contributed by atoms with Crippen LogP contribution in [-0.4, -0.2) is 48.6 Å². The predicted molar refractivity (Wildman–Crippen MR) is 130 cm³/mol. The second-order valence-corrected chi connectivity index (χ2v) is 9.64. The maximum Gasteiger partial charge on any atom is 0.330 e. The van der Waals surface area contributed by atoms with Gasteiger partial charge in [-0.05, 0) is 43.7 Å². The minimum Gasteiger partial charge on any atom is -0.354 e. The molecule has 0 atom stereocenters. The van der Waals surface area contributed by atoms with Crippen molar-refractivity contribution in [3.63, 3.8) is 0 Å². The first-order valence-corrected chi connectivity index (χ1v) is 12.7. The van der Waals surface area contributed by atoms with Crippen molar-refractivity contribution in [1.82, 2.24) is 29.0 Å². The third kappa shape index (κ3) is 4.71. The molecule has 1 aliphatic carbocycles. The fraction of sp³-hybridized carbons (Fsp3) is 0.600. The van der Waals surface area contributed by atoms with E-state index in [-0.39, 0.29) is 17.8 Å². The molecule has 1 N–H and O–H groups in total. The standard InChI is InChI=1S/C25H34FN7O/c1-2-3-12-27-24-29-16-21-23(30-24)33(25(34)32(21)19-6-4-5-7-19)20-10-13-31(14-11-20)17-18-8-9-22(26)28-15-18/h8-9,15-16,19-20H,2-7,10-14,17H2,1H3,(H,27,29,30). The largest absolute Gasteiger partial charge is 0.354 e. The lowest BCUT2D eigenvalue weighted by molar-refractivity contribution is 0.178. The second kappa shape index (κ2) is 10.2. The molecule has 1 saturated heterocycles. The maximum atomic E-state index is 13.7. The average molecular weight is 468 g/mol. The van der Waals surface area contributed by atoms with Crippen LogP contribution < -0.4 is 11.0 Å². The van der Waals surface area contributed by atoms with Crippen molar-refractivity contribution < 1.29 is 4.39 Å². The van der Waals surface area contributed by atoms with E-state index in [0.717, 1.165) is 94.3 Å². The Morgan fingerprint density at radius 2 is 1.79 bits per heavy atom. The topological polar surface area (TPSA) is 80.9 Å². The summed E-state index contributed by atoms with van der Waals surface area (Å²) >= 11 is 0. The zero-order valence-corrected chi connectivity index (χ0v) is 19.9. The number of imidazole rings is 1. The molecule has 0 amide bonds. The lowest BCUT2D eigenvalue weighted by Gasteiger charge is -2.32. The number of rotatable bonds is 8. The Balaban J connectivity index is 1.40. The summed E-state index contributed by atoms with van der Waals surface area (Å²) in [5.74, 6) is 0.144. The van der Waals surface area contributed by atoms with Gasteiger partial charge in [-0.3, -0.25) is 14.0 Å². The molecule has 0 spiro atoms. The van der Waals surface area contributed by atoms with Gasteiger partial charge in [0.25, 0.3) is 0 Å². The molecule has 3 aromatic rings. The summed E-state index contributed by atoms with van der Waals surface area (Å²) < 4.78 is 17.0. The number of halogens is 1. The highest BCUT2D eigenvalue weighted by molar-refractivity contribution is 5.72. The van der Waals surface area contributed by atoms with Crippen LogP contribution in [0.4, 0.5) is 10.3 Å². The molecule has 3 aromatic heterocycles. The van der Waals surface area contributed by atoms with E-state index in [1.807, 2.05) is 15.3 Å². The molecule has 0 radical (unpaired) electrons. The van der Waals surface area contributed by atoms with Gasteiger partial charge in [-0.2, -0.15) is 9.37 Å². The van der Waals surface area contributed by atoms with Crippen molar-refractivity contribution in [2.45, 2.75) is 76.9 Å². The van der Waals surface area contributed by atoms with Gasteiger partial charge in [0.15, 0.2) is 5.65 Å². The normalized spacial score (nSPS) is 18.2. The van der Waals surface area contributed by atoms with Gasteiger partial charge in [0.1, 0.15) is 5.52 Å². The Bertz CT molecular complexity index is 1160. The summed E-state index contributed by atoms with van der Waals surface area (Å²) in [5, 5.41) is 3.32. The molecule has 1 saturated carbocycles. The zero-order chi connectivity index (χ0) is 23.5. The molecule has 1 aliphatic heterocycles. The summed E-state index contributed by atoms with van der Waals surface area (Å²) in [7, 11) is 0. The Morgan fingerprint density at radius 1 is 1.03 bits per heavy atom. The highest BCUT2D eigenvalue weighted by Gasteiger charge is 2.29. The number of pyridine rings is 1. The molecular weight excluding hydrogens is 433 g/mol. The Morgan fingerprint density at radius 3 is 2.50 bits per heavy atom. The molecule has 182 valence electrons. The number of hydrogen-bond acceptors (Lipinski definition) is 6. The monoisotopic (exact) mass is 467 g/mol. The molecular formula is C25H34FN7O. The zero-order valence-electron chi connectivity index (χ0n) is 19.9. The summed E-state index contributed by atoms with van der Waals surface area (Å²) in [4.78, 5) is 29.2. The number of anilines is 1. The van der Waals surface area contributed by atoms with Gasteiger partial charge in [-0.25, -0.2) is 14.8 Å². The van der Waals surface area contributed by atoms with Gasteiger partial charge in [0, 0.05) is 44.5 Å². The van der Waals surface area contributed by atoms with E-state index in [1.165, 1.54) is 6.07 Å². The number of piperidine rings is 1. The lowest BCUT2D eigenvalue weighted by atomic mass is 10.0. The first-order chi connectivity index (χ1) is 16.6. The summed E-state index contributed by atoms with van der Waals surface area (Å²) in [6, 6.07) is 3.55. The minimum absolute atomic E-state index is 0.0584. The Kier molecular flexibility index (Phi) is 6.89. The number of nitrogens with one attached hydrogen (secondary N) is 1. The summed E-state index contributed by atoms with van der Waals surface area (Å²) in [5.41, 5.74) is 2.68. The molecule has 34 heavy (non-hydrogen) atoms. The minimum atomic E-state index is -0.453. The molecule has 0 bridgehead atoms. The van der Waals surface area contributed by atoms with E-state index in [0.29, 0.717) is 5.95 Å². The van der Waals surface area contributed by atoms with E-state index in [1.54, 1.807) is 12.3 Å². The van der Waals surface area contributed by atoms with Crippen LogP contribution in [0, 0.1) is 5.95 Å². The van der Waals surface area contributed by atoms with Crippen LogP contribution in [0.3, 0.4) is 0 Å². The number of aromatic nitrogens is 5. The Labute approximate surface area is 199 Å². The molecule has 4 heterocycles. The molecule has 0 aromatic carbocycles. The predicted octanol–water partition coefficient (Wildman–Crippen LogP) is 4.29. The van der Waals surface area contributed by atoms with Gasteiger partial charge >= 0.3 is 5.69 Å². The average Bonchev–Trinajstić information content (AvgIpc) is 3.47. The van der Waals surface area contributed by atoms with Crippen LogP contribution in [0.5, 0.6) is 0 Å². The first kappa shape index (κ1) is 23.0. The quantitative estimate of drug-likeness (QED) is 0.393. The molecule has 5 rings (SSSR count). The number of fused-ring (bicyclic) bond motifs is 1. The summed E-state index contributed by atoms with van der Waals surface area (Å²) in [6.07, 6.45) is 11.8. The van der Waals surface area contributed by atoms with Gasteiger partial charge in [-0.15, -0.1) is 0 Å². The molecule has 8 nitrogen and oxygen atoms in total. The van der Waals surface area contributed by atoms with Crippen LogP contribution in [0.1, 0.15) is 75.9 Å². The van der Waals surface area contributed by atoms with Crippen molar-refractivity contribution >= 4 is 17.1 Å². The first-order valence-electron chi connectivity index (χ1n) is 12.7.